The van der Waals surface area contributed by atoms with Gasteiger partial charge in [-0.05, 0) is 51.3 Å². The molecule has 2 aromatic rings. The van der Waals surface area contributed by atoms with E-state index >= 15 is 0 Å². The van der Waals surface area contributed by atoms with Crippen molar-refractivity contribution in [2.24, 2.45) is 5.92 Å². The number of benzene rings is 1. The summed E-state index contributed by atoms with van der Waals surface area (Å²) in [4.78, 5) is 2.73. The lowest BCUT2D eigenvalue weighted by molar-refractivity contribution is 0.0123. The molecule has 144 valence electrons. The lowest BCUT2D eigenvalue weighted by Gasteiger charge is -2.50. The number of rotatable bonds is 3. The van der Waals surface area contributed by atoms with Gasteiger partial charge < -0.3 is 4.52 Å². The summed E-state index contributed by atoms with van der Waals surface area (Å²) >= 11 is 0. The first-order valence-corrected chi connectivity index (χ1v) is 11.1. The molecule has 4 aliphatic rings. The van der Waals surface area contributed by atoms with Crippen LogP contribution < -0.4 is 0 Å². The highest BCUT2D eigenvalue weighted by molar-refractivity contribution is 7.89. The van der Waals surface area contributed by atoms with E-state index in [1.54, 1.807) is 11.2 Å². The van der Waals surface area contributed by atoms with Crippen molar-refractivity contribution in [2.75, 3.05) is 19.6 Å². The van der Waals surface area contributed by atoms with Gasteiger partial charge in [-0.3, -0.25) is 4.90 Å². The van der Waals surface area contributed by atoms with Gasteiger partial charge in [-0.25, -0.2) is 8.42 Å². The number of aryl methyl sites for hydroxylation is 2. The maximum atomic E-state index is 13.5. The molecule has 6 nitrogen and oxygen atoms in total. The molecule has 0 spiro atoms. The molecule has 0 aliphatic carbocycles. The molecular weight excluding hydrogens is 362 g/mol. The van der Waals surface area contributed by atoms with Gasteiger partial charge >= 0.3 is 0 Å². The summed E-state index contributed by atoms with van der Waals surface area (Å²) in [6, 6.07) is 8.89. The zero-order chi connectivity index (χ0) is 18.8. The standard InChI is InChI=1S/C20H25N3O3S/c1-13-3-5-15(6-4-13)17-12-23(27(24,25)18-11-21-26-14(18)2)19-16-7-9-22(10-8-16)20(17)19/h3-6,11,16-17,19-20H,7-10,12H2,1-2H3/t17-,19-,20-/m1/s1. The van der Waals surface area contributed by atoms with Crippen molar-refractivity contribution in [3.63, 3.8) is 0 Å². The van der Waals surface area contributed by atoms with Crippen LogP contribution in [0.15, 0.2) is 39.9 Å². The fourth-order valence-electron chi connectivity index (χ4n) is 5.41. The Morgan fingerprint density at radius 1 is 1.07 bits per heavy atom. The SMILES string of the molecule is Cc1ccc([C@H]2CN(S(=O)(=O)c3cnoc3C)[C@@H]3C4CCN(CC4)[C@H]23)cc1. The van der Waals surface area contributed by atoms with E-state index in [1.807, 2.05) is 0 Å². The zero-order valence-electron chi connectivity index (χ0n) is 15.7. The molecule has 2 bridgehead atoms. The second-order valence-electron chi connectivity index (χ2n) is 8.19. The average molecular weight is 388 g/mol. The van der Waals surface area contributed by atoms with Crippen molar-refractivity contribution in [2.45, 2.75) is 49.6 Å². The van der Waals surface area contributed by atoms with Crippen LogP contribution in [0, 0.1) is 19.8 Å². The summed E-state index contributed by atoms with van der Waals surface area (Å²) < 4.78 is 33.8. The summed E-state index contributed by atoms with van der Waals surface area (Å²) in [5.74, 6) is 1.01. The van der Waals surface area contributed by atoms with Crippen molar-refractivity contribution in [3.8, 4) is 0 Å². The lowest BCUT2D eigenvalue weighted by Crippen LogP contribution is -2.60. The van der Waals surface area contributed by atoms with Crippen LogP contribution in [0.25, 0.3) is 0 Å². The molecule has 4 fully saturated rings. The average Bonchev–Trinajstić information content (AvgIpc) is 3.29. The summed E-state index contributed by atoms with van der Waals surface area (Å²) in [5, 5.41) is 3.71. The van der Waals surface area contributed by atoms with Crippen LogP contribution >= 0.6 is 0 Å². The molecule has 1 aromatic carbocycles. The third-order valence-corrected chi connectivity index (χ3v) is 8.71. The predicted molar refractivity (Wildman–Crippen MR) is 101 cm³/mol. The van der Waals surface area contributed by atoms with Crippen molar-refractivity contribution in [1.82, 2.24) is 14.4 Å². The fraction of sp³-hybridized carbons (Fsp3) is 0.550. The van der Waals surface area contributed by atoms with E-state index in [0.29, 0.717) is 18.2 Å². The van der Waals surface area contributed by atoms with E-state index in [2.05, 4.69) is 41.2 Å². The van der Waals surface area contributed by atoms with Gasteiger partial charge in [-0.2, -0.15) is 4.31 Å². The highest BCUT2D eigenvalue weighted by Crippen LogP contribution is 2.48. The number of nitrogens with zero attached hydrogens (tertiary/aromatic N) is 3. The largest absolute Gasteiger partial charge is 0.360 e. The molecule has 6 rings (SSSR count). The quantitative estimate of drug-likeness (QED) is 0.810. The number of aromatic nitrogens is 1. The van der Waals surface area contributed by atoms with Gasteiger partial charge in [0, 0.05) is 24.5 Å². The third-order valence-electron chi connectivity index (χ3n) is 6.75. The molecule has 4 aliphatic heterocycles. The Kier molecular flexibility index (Phi) is 3.97. The van der Waals surface area contributed by atoms with Crippen molar-refractivity contribution in [3.05, 3.63) is 47.3 Å². The van der Waals surface area contributed by atoms with Crippen molar-refractivity contribution in [1.29, 1.82) is 0 Å². The van der Waals surface area contributed by atoms with Crippen LogP contribution in [-0.4, -0.2) is 54.5 Å². The van der Waals surface area contributed by atoms with Crippen LogP contribution in [0.4, 0.5) is 0 Å². The van der Waals surface area contributed by atoms with E-state index < -0.39 is 10.0 Å². The van der Waals surface area contributed by atoms with Crippen LogP contribution in [0.5, 0.6) is 0 Å². The minimum atomic E-state index is -3.62. The first-order valence-electron chi connectivity index (χ1n) is 9.70. The Balaban J connectivity index is 1.59. The first-order chi connectivity index (χ1) is 13.0. The predicted octanol–water partition coefficient (Wildman–Crippen LogP) is 2.54. The van der Waals surface area contributed by atoms with E-state index in [1.165, 1.54) is 17.3 Å². The molecule has 3 atom stereocenters. The second kappa shape index (κ2) is 6.15. The van der Waals surface area contributed by atoms with Gasteiger partial charge in [0.05, 0.1) is 6.20 Å². The smallest absolute Gasteiger partial charge is 0.248 e. The molecular formula is C20H25N3O3S. The Morgan fingerprint density at radius 3 is 2.41 bits per heavy atom. The Hall–Kier alpha value is -1.70. The lowest BCUT2D eigenvalue weighted by atomic mass is 9.75. The number of piperidine rings is 3. The number of sulfonamides is 1. The number of fused-ring (bicyclic) bond motifs is 2. The maximum Gasteiger partial charge on any atom is 0.248 e. The minimum absolute atomic E-state index is 0.0399. The van der Waals surface area contributed by atoms with Crippen LogP contribution in [-0.2, 0) is 10.0 Å². The summed E-state index contributed by atoms with van der Waals surface area (Å²) in [7, 11) is -3.62. The Bertz CT molecular complexity index is 945. The maximum absolute atomic E-state index is 13.5. The van der Waals surface area contributed by atoms with E-state index in [0.717, 1.165) is 25.9 Å². The fourth-order valence-corrected chi connectivity index (χ4v) is 7.22. The molecule has 4 saturated heterocycles. The van der Waals surface area contributed by atoms with Crippen molar-refractivity contribution < 1.29 is 12.9 Å². The van der Waals surface area contributed by atoms with E-state index in [9.17, 15) is 8.42 Å². The molecule has 0 N–H and O–H groups in total. The topological polar surface area (TPSA) is 66.7 Å². The summed E-state index contributed by atoms with van der Waals surface area (Å²) in [6.07, 6.45) is 3.51. The third kappa shape index (κ3) is 2.59. The molecule has 5 heterocycles. The van der Waals surface area contributed by atoms with E-state index in [-0.39, 0.29) is 22.9 Å². The summed E-state index contributed by atoms with van der Waals surface area (Å²) in [5.41, 5.74) is 2.46. The number of hydrogen-bond acceptors (Lipinski definition) is 5. The van der Waals surface area contributed by atoms with Gasteiger partial charge in [-0.15, -0.1) is 0 Å². The molecule has 0 saturated carbocycles. The van der Waals surface area contributed by atoms with Gasteiger partial charge in [0.15, 0.2) is 5.76 Å². The van der Waals surface area contributed by atoms with Crippen LogP contribution in [0.3, 0.4) is 0 Å². The van der Waals surface area contributed by atoms with Crippen LogP contribution in [0.2, 0.25) is 0 Å². The van der Waals surface area contributed by atoms with Gasteiger partial charge in [-0.1, -0.05) is 35.0 Å². The van der Waals surface area contributed by atoms with E-state index in [4.69, 9.17) is 4.52 Å². The molecule has 7 heteroatoms. The molecule has 1 aromatic heterocycles. The molecule has 0 unspecified atom stereocenters. The zero-order valence-corrected chi connectivity index (χ0v) is 16.5. The summed E-state index contributed by atoms with van der Waals surface area (Å²) in [6.45, 7) is 6.43. The first kappa shape index (κ1) is 17.4. The highest BCUT2D eigenvalue weighted by Gasteiger charge is 2.56. The van der Waals surface area contributed by atoms with Gasteiger partial charge in [0.1, 0.15) is 4.90 Å². The minimum Gasteiger partial charge on any atom is -0.360 e. The van der Waals surface area contributed by atoms with Crippen molar-refractivity contribution >= 4 is 10.0 Å². The Morgan fingerprint density at radius 2 is 1.78 bits per heavy atom. The molecule has 0 radical (unpaired) electrons. The Labute approximate surface area is 160 Å². The van der Waals surface area contributed by atoms with Gasteiger partial charge in [0.2, 0.25) is 10.0 Å². The highest BCUT2D eigenvalue weighted by atomic mass is 32.2. The number of hydrogen-bond donors (Lipinski definition) is 0. The van der Waals surface area contributed by atoms with Crippen LogP contribution in [0.1, 0.15) is 35.6 Å². The monoisotopic (exact) mass is 387 g/mol. The molecule has 0 amide bonds. The van der Waals surface area contributed by atoms with Gasteiger partial charge in [0.25, 0.3) is 0 Å². The second-order valence-corrected chi connectivity index (χ2v) is 10.1. The normalized spacial score (nSPS) is 33.3. The molecule has 27 heavy (non-hydrogen) atoms.